The molecule has 2 fully saturated rings. The summed E-state index contributed by atoms with van der Waals surface area (Å²) < 4.78 is 5.28. The highest BCUT2D eigenvalue weighted by molar-refractivity contribution is 5.82. The van der Waals surface area contributed by atoms with Crippen LogP contribution in [0, 0.1) is 5.92 Å². The number of likely N-dealkylation sites (tertiary alicyclic amines) is 1. The fourth-order valence-corrected chi connectivity index (χ4v) is 3.90. The van der Waals surface area contributed by atoms with Gasteiger partial charge in [0.1, 0.15) is 6.61 Å². The zero-order valence-corrected chi connectivity index (χ0v) is 15.2. The molecule has 1 saturated carbocycles. The van der Waals surface area contributed by atoms with Crippen LogP contribution in [-0.4, -0.2) is 42.1 Å². The third kappa shape index (κ3) is 4.97. The van der Waals surface area contributed by atoms with Crippen molar-refractivity contribution in [3.63, 3.8) is 0 Å². The maximum Gasteiger partial charge on any atom is 0.407 e. The van der Waals surface area contributed by atoms with Crippen LogP contribution in [0.3, 0.4) is 0 Å². The van der Waals surface area contributed by atoms with Crippen molar-refractivity contribution in [2.75, 3.05) is 13.1 Å². The average molecular weight is 359 g/mol. The highest BCUT2D eigenvalue weighted by atomic mass is 16.5. The van der Waals surface area contributed by atoms with Crippen molar-refractivity contribution in [2.45, 2.75) is 57.2 Å². The highest BCUT2D eigenvalue weighted by Crippen LogP contribution is 2.27. The number of nitrogens with two attached hydrogens (primary N) is 1. The smallest absolute Gasteiger partial charge is 0.407 e. The number of hydrogen-bond acceptors (Lipinski definition) is 4. The van der Waals surface area contributed by atoms with Gasteiger partial charge in [0.05, 0.1) is 6.04 Å². The Balaban J connectivity index is 1.37. The molecule has 6 nitrogen and oxygen atoms in total. The van der Waals surface area contributed by atoms with Crippen molar-refractivity contribution in [3.05, 3.63) is 35.9 Å². The van der Waals surface area contributed by atoms with Crippen molar-refractivity contribution < 1.29 is 14.3 Å². The summed E-state index contributed by atoms with van der Waals surface area (Å²) in [6, 6.07) is 9.33. The van der Waals surface area contributed by atoms with Crippen LogP contribution < -0.4 is 11.1 Å². The summed E-state index contributed by atoms with van der Waals surface area (Å²) in [6.45, 7) is 1.96. The van der Waals surface area contributed by atoms with E-state index < -0.39 is 6.04 Å². The molecular weight excluding hydrogens is 330 g/mol. The molecule has 3 N–H and O–H groups in total. The minimum atomic E-state index is -0.404. The molecule has 6 heteroatoms. The van der Waals surface area contributed by atoms with E-state index in [4.69, 9.17) is 10.5 Å². The third-order valence-electron chi connectivity index (χ3n) is 5.52. The first kappa shape index (κ1) is 18.7. The van der Waals surface area contributed by atoms with E-state index in [-0.39, 0.29) is 30.6 Å². The molecule has 142 valence electrons. The van der Waals surface area contributed by atoms with E-state index in [2.05, 4.69) is 5.32 Å². The Morgan fingerprint density at radius 1 is 1.12 bits per heavy atom. The number of nitrogens with zero attached hydrogens (tertiary/aromatic N) is 1. The lowest BCUT2D eigenvalue weighted by Gasteiger charge is -2.33. The molecule has 0 aromatic heterocycles. The molecule has 3 rings (SSSR count). The van der Waals surface area contributed by atoms with Crippen LogP contribution in [-0.2, 0) is 16.1 Å². The first-order chi connectivity index (χ1) is 12.6. The van der Waals surface area contributed by atoms with Crippen LogP contribution in [0.2, 0.25) is 0 Å². The Bertz CT molecular complexity index is 594. The molecule has 2 amide bonds. The molecule has 0 radical (unpaired) electrons. The number of benzene rings is 1. The molecule has 0 unspecified atom stereocenters. The largest absolute Gasteiger partial charge is 0.445 e. The Hall–Kier alpha value is -2.08. The maximum atomic E-state index is 12.4. The Morgan fingerprint density at radius 2 is 1.77 bits per heavy atom. The summed E-state index contributed by atoms with van der Waals surface area (Å²) in [5, 5.41) is 2.94. The van der Waals surface area contributed by atoms with Gasteiger partial charge in [0.25, 0.3) is 0 Å². The number of ether oxygens (including phenoxy) is 1. The van der Waals surface area contributed by atoms with Gasteiger partial charge in [-0.3, -0.25) is 4.79 Å². The van der Waals surface area contributed by atoms with Gasteiger partial charge in [-0.25, -0.2) is 4.79 Å². The Labute approximate surface area is 155 Å². The molecule has 1 aromatic carbocycles. The van der Waals surface area contributed by atoms with Crippen LogP contribution >= 0.6 is 0 Å². The van der Waals surface area contributed by atoms with Crippen molar-refractivity contribution in [2.24, 2.45) is 11.7 Å². The van der Waals surface area contributed by atoms with Gasteiger partial charge in [-0.2, -0.15) is 0 Å². The summed E-state index contributed by atoms with van der Waals surface area (Å²) in [4.78, 5) is 26.3. The number of rotatable bonds is 5. The first-order valence-electron chi connectivity index (χ1n) is 9.65. The van der Waals surface area contributed by atoms with E-state index in [1.807, 2.05) is 35.2 Å². The fraction of sp³-hybridized carbons (Fsp3) is 0.600. The van der Waals surface area contributed by atoms with Gasteiger partial charge < -0.3 is 20.7 Å². The lowest BCUT2D eigenvalue weighted by atomic mass is 9.81. The maximum absolute atomic E-state index is 12.4. The Kier molecular flexibility index (Phi) is 6.50. The van der Waals surface area contributed by atoms with Gasteiger partial charge in [-0.05, 0) is 50.0 Å². The zero-order valence-electron chi connectivity index (χ0n) is 15.2. The normalized spacial score (nSPS) is 24.1. The molecule has 1 aromatic rings. The van der Waals surface area contributed by atoms with E-state index in [1.165, 1.54) is 0 Å². The molecule has 1 aliphatic heterocycles. The second kappa shape index (κ2) is 9.03. The predicted molar refractivity (Wildman–Crippen MR) is 99.3 cm³/mol. The van der Waals surface area contributed by atoms with Gasteiger partial charge >= 0.3 is 6.09 Å². The summed E-state index contributed by atoms with van der Waals surface area (Å²) >= 11 is 0. The monoisotopic (exact) mass is 359 g/mol. The van der Waals surface area contributed by atoms with E-state index in [1.54, 1.807) is 0 Å². The minimum absolute atomic E-state index is 0.0983. The summed E-state index contributed by atoms with van der Waals surface area (Å²) in [5.41, 5.74) is 7.20. The SMILES string of the molecule is N[C@H](C(=O)N1CCCC1)C1CCC(NC(=O)OCc2ccccc2)CC1. The van der Waals surface area contributed by atoms with Gasteiger partial charge in [0, 0.05) is 19.1 Å². The number of carbonyl (C=O) groups is 2. The van der Waals surface area contributed by atoms with Crippen LogP contribution in [0.4, 0.5) is 4.79 Å². The minimum Gasteiger partial charge on any atom is -0.445 e. The van der Waals surface area contributed by atoms with Gasteiger partial charge in [0.15, 0.2) is 0 Å². The fourth-order valence-electron chi connectivity index (χ4n) is 3.90. The predicted octanol–water partition coefficient (Wildman–Crippen LogP) is 2.42. The van der Waals surface area contributed by atoms with E-state index in [0.29, 0.717) is 0 Å². The molecule has 1 heterocycles. The van der Waals surface area contributed by atoms with Crippen LogP contribution in [0.5, 0.6) is 0 Å². The van der Waals surface area contributed by atoms with Crippen LogP contribution in [0.15, 0.2) is 30.3 Å². The first-order valence-corrected chi connectivity index (χ1v) is 9.65. The van der Waals surface area contributed by atoms with Crippen LogP contribution in [0.1, 0.15) is 44.1 Å². The lowest BCUT2D eigenvalue weighted by Crippen LogP contribution is -2.49. The molecule has 0 spiro atoms. The standard InChI is InChI=1S/C20H29N3O3/c21-18(19(24)23-12-4-5-13-23)16-8-10-17(11-9-16)22-20(25)26-14-15-6-2-1-3-7-15/h1-3,6-7,16-18H,4-5,8-14,21H2,(H,22,25)/t16?,17?,18-/m0/s1. The van der Waals surface area contributed by atoms with E-state index >= 15 is 0 Å². The number of nitrogens with one attached hydrogen (secondary N) is 1. The van der Waals surface area contributed by atoms with Crippen molar-refractivity contribution >= 4 is 12.0 Å². The third-order valence-corrected chi connectivity index (χ3v) is 5.52. The quantitative estimate of drug-likeness (QED) is 0.845. The number of hydrogen-bond donors (Lipinski definition) is 2. The van der Waals surface area contributed by atoms with Crippen molar-refractivity contribution in [1.82, 2.24) is 10.2 Å². The van der Waals surface area contributed by atoms with Gasteiger partial charge in [-0.1, -0.05) is 30.3 Å². The number of alkyl carbamates (subject to hydrolysis) is 1. The summed E-state index contributed by atoms with van der Waals surface area (Å²) in [5.74, 6) is 0.308. The molecule has 1 atom stereocenters. The Morgan fingerprint density at radius 3 is 2.42 bits per heavy atom. The average Bonchev–Trinajstić information content (AvgIpc) is 3.21. The van der Waals surface area contributed by atoms with E-state index in [0.717, 1.165) is 57.2 Å². The van der Waals surface area contributed by atoms with E-state index in [9.17, 15) is 9.59 Å². The zero-order chi connectivity index (χ0) is 18.4. The second-order valence-corrected chi connectivity index (χ2v) is 7.38. The molecule has 1 aliphatic carbocycles. The van der Waals surface area contributed by atoms with Gasteiger partial charge in [0.2, 0.25) is 5.91 Å². The van der Waals surface area contributed by atoms with Gasteiger partial charge in [-0.15, -0.1) is 0 Å². The van der Waals surface area contributed by atoms with Crippen LogP contribution in [0.25, 0.3) is 0 Å². The van der Waals surface area contributed by atoms with Crippen molar-refractivity contribution in [3.8, 4) is 0 Å². The van der Waals surface area contributed by atoms with Crippen molar-refractivity contribution in [1.29, 1.82) is 0 Å². The molecule has 26 heavy (non-hydrogen) atoms. The molecule has 0 bridgehead atoms. The number of amides is 2. The highest BCUT2D eigenvalue weighted by Gasteiger charge is 2.33. The lowest BCUT2D eigenvalue weighted by molar-refractivity contribution is -0.133. The molecule has 2 aliphatic rings. The second-order valence-electron chi connectivity index (χ2n) is 7.38. The number of carbonyl (C=O) groups excluding carboxylic acids is 2. The summed E-state index contributed by atoms with van der Waals surface area (Å²) in [6.07, 6.45) is 5.20. The topological polar surface area (TPSA) is 84.7 Å². The molecular formula is C20H29N3O3. The molecule has 1 saturated heterocycles. The summed E-state index contributed by atoms with van der Waals surface area (Å²) in [7, 11) is 0.